The van der Waals surface area contributed by atoms with Gasteiger partial charge in [-0.1, -0.05) is 6.07 Å². The van der Waals surface area contributed by atoms with E-state index in [-0.39, 0.29) is 5.91 Å². The summed E-state index contributed by atoms with van der Waals surface area (Å²) in [5, 5.41) is 0. The average Bonchev–Trinajstić information content (AvgIpc) is 2.60. The SMILES string of the molecule is CCOCC1CCCN(C(=O)Cc2ccc3c(c2)OCCO3)C1. The van der Waals surface area contributed by atoms with Crippen LogP contribution in [0, 0.1) is 5.92 Å². The zero-order valence-corrected chi connectivity index (χ0v) is 13.8. The van der Waals surface area contributed by atoms with Crippen molar-refractivity contribution in [2.75, 3.05) is 39.5 Å². The third-order valence-corrected chi connectivity index (χ3v) is 4.39. The number of carbonyl (C=O) groups excluding carboxylic acids is 1. The average molecular weight is 319 g/mol. The molecule has 1 amide bonds. The lowest BCUT2D eigenvalue weighted by molar-refractivity contribution is -0.132. The van der Waals surface area contributed by atoms with Crippen LogP contribution in [0.5, 0.6) is 11.5 Å². The Bertz CT molecular complexity index is 546. The van der Waals surface area contributed by atoms with Gasteiger partial charge in [0.25, 0.3) is 0 Å². The van der Waals surface area contributed by atoms with Crippen molar-refractivity contribution in [1.82, 2.24) is 4.90 Å². The van der Waals surface area contributed by atoms with E-state index in [4.69, 9.17) is 14.2 Å². The predicted molar refractivity (Wildman–Crippen MR) is 86.9 cm³/mol. The standard InChI is InChI=1S/C18H25NO4/c1-2-21-13-15-4-3-7-19(12-15)18(20)11-14-5-6-16-17(10-14)23-9-8-22-16/h5-6,10,15H,2-4,7-9,11-13H2,1H3. The molecule has 0 aliphatic carbocycles. The largest absolute Gasteiger partial charge is 0.486 e. The molecule has 3 rings (SSSR count). The Morgan fingerprint density at radius 1 is 1.30 bits per heavy atom. The lowest BCUT2D eigenvalue weighted by Crippen LogP contribution is -2.42. The molecule has 1 aromatic carbocycles. The maximum Gasteiger partial charge on any atom is 0.227 e. The van der Waals surface area contributed by atoms with E-state index in [1.54, 1.807) is 0 Å². The van der Waals surface area contributed by atoms with E-state index in [2.05, 4.69) is 0 Å². The molecule has 5 nitrogen and oxygen atoms in total. The molecule has 0 aromatic heterocycles. The van der Waals surface area contributed by atoms with E-state index >= 15 is 0 Å². The van der Waals surface area contributed by atoms with Crippen molar-refractivity contribution in [2.45, 2.75) is 26.2 Å². The van der Waals surface area contributed by atoms with Crippen molar-refractivity contribution in [3.8, 4) is 11.5 Å². The number of piperidine rings is 1. The van der Waals surface area contributed by atoms with E-state index in [0.717, 1.165) is 56.2 Å². The second-order valence-electron chi connectivity index (χ2n) is 6.16. The van der Waals surface area contributed by atoms with Gasteiger partial charge in [-0.25, -0.2) is 0 Å². The van der Waals surface area contributed by atoms with Crippen LogP contribution in [0.25, 0.3) is 0 Å². The minimum atomic E-state index is 0.183. The first-order valence-electron chi connectivity index (χ1n) is 8.50. The van der Waals surface area contributed by atoms with Gasteiger partial charge in [-0.2, -0.15) is 0 Å². The van der Waals surface area contributed by atoms with Crippen molar-refractivity contribution in [2.24, 2.45) is 5.92 Å². The lowest BCUT2D eigenvalue weighted by Gasteiger charge is -2.32. The molecule has 2 heterocycles. The van der Waals surface area contributed by atoms with Gasteiger partial charge in [0, 0.05) is 19.7 Å². The fourth-order valence-electron chi connectivity index (χ4n) is 3.20. The number of carbonyl (C=O) groups is 1. The molecule has 0 saturated carbocycles. The number of ether oxygens (including phenoxy) is 3. The maximum atomic E-state index is 12.6. The Hall–Kier alpha value is -1.75. The van der Waals surface area contributed by atoms with Crippen LogP contribution in [0.4, 0.5) is 0 Å². The van der Waals surface area contributed by atoms with Crippen LogP contribution in [-0.2, 0) is 16.0 Å². The molecule has 23 heavy (non-hydrogen) atoms. The topological polar surface area (TPSA) is 48.0 Å². The van der Waals surface area contributed by atoms with Crippen LogP contribution in [0.15, 0.2) is 18.2 Å². The molecule has 1 fully saturated rings. The summed E-state index contributed by atoms with van der Waals surface area (Å²) in [6.07, 6.45) is 2.62. The number of nitrogens with zero attached hydrogens (tertiary/aromatic N) is 1. The Balaban J connectivity index is 1.58. The number of likely N-dealkylation sites (tertiary alicyclic amines) is 1. The summed E-state index contributed by atoms with van der Waals surface area (Å²) < 4.78 is 16.6. The zero-order valence-electron chi connectivity index (χ0n) is 13.8. The molecule has 126 valence electrons. The zero-order chi connectivity index (χ0) is 16.1. The molecule has 0 radical (unpaired) electrons. The first-order valence-corrected chi connectivity index (χ1v) is 8.50. The summed E-state index contributed by atoms with van der Waals surface area (Å²) in [7, 11) is 0. The van der Waals surface area contributed by atoms with Crippen molar-refractivity contribution in [3.05, 3.63) is 23.8 Å². The van der Waals surface area contributed by atoms with E-state index in [0.29, 0.717) is 25.6 Å². The molecule has 0 spiro atoms. The van der Waals surface area contributed by atoms with Gasteiger partial charge in [0.15, 0.2) is 11.5 Å². The molecule has 5 heteroatoms. The van der Waals surface area contributed by atoms with Crippen molar-refractivity contribution < 1.29 is 19.0 Å². The first kappa shape index (κ1) is 16.1. The van der Waals surface area contributed by atoms with Crippen LogP contribution in [-0.4, -0.2) is 50.3 Å². The molecular formula is C18H25NO4. The Kier molecular flexibility index (Phi) is 5.39. The highest BCUT2D eigenvalue weighted by Crippen LogP contribution is 2.31. The fraction of sp³-hybridized carbons (Fsp3) is 0.611. The summed E-state index contributed by atoms with van der Waals surface area (Å²) >= 11 is 0. The van der Waals surface area contributed by atoms with Gasteiger partial charge in [-0.15, -0.1) is 0 Å². The first-order chi connectivity index (χ1) is 11.3. The minimum Gasteiger partial charge on any atom is -0.486 e. The molecule has 1 saturated heterocycles. The number of amides is 1. The summed E-state index contributed by atoms with van der Waals surface area (Å²) in [6, 6.07) is 5.77. The Labute approximate surface area is 137 Å². The van der Waals surface area contributed by atoms with E-state index < -0.39 is 0 Å². The summed E-state index contributed by atoms with van der Waals surface area (Å²) in [5.41, 5.74) is 0.978. The van der Waals surface area contributed by atoms with Crippen LogP contribution in [0.2, 0.25) is 0 Å². The van der Waals surface area contributed by atoms with Crippen molar-refractivity contribution in [3.63, 3.8) is 0 Å². The number of hydrogen-bond acceptors (Lipinski definition) is 4. The smallest absolute Gasteiger partial charge is 0.227 e. The molecule has 2 aliphatic heterocycles. The second-order valence-corrected chi connectivity index (χ2v) is 6.16. The quantitative estimate of drug-likeness (QED) is 0.835. The normalized spacial score (nSPS) is 20.4. The Morgan fingerprint density at radius 2 is 2.13 bits per heavy atom. The van der Waals surface area contributed by atoms with E-state index in [1.807, 2.05) is 30.0 Å². The fourth-order valence-corrected chi connectivity index (χ4v) is 3.20. The predicted octanol–water partition coefficient (Wildman–Crippen LogP) is 2.28. The highest BCUT2D eigenvalue weighted by molar-refractivity contribution is 5.79. The van der Waals surface area contributed by atoms with Crippen LogP contribution < -0.4 is 9.47 Å². The highest BCUT2D eigenvalue weighted by Gasteiger charge is 2.24. The van der Waals surface area contributed by atoms with E-state index in [9.17, 15) is 4.79 Å². The monoisotopic (exact) mass is 319 g/mol. The number of benzene rings is 1. The lowest BCUT2D eigenvalue weighted by atomic mass is 9.98. The highest BCUT2D eigenvalue weighted by atomic mass is 16.6. The molecule has 0 N–H and O–H groups in total. The molecule has 1 unspecified atom stereocenters. The van der Waals surface area contributed by atoms with Gasteiger partial charge >= 0.3 is 0 Å². The van der Waals surface area contributed by atoms with Gasteiger partial charge in [0.2, 0.25) is 5.91 Å². The van der Waals surface area contributed by atoms with Gasteiger partial charge in [-0.05, 0) is 43.4 Å². The summed E-state index contributed by atoms with van der Waals surface area (Å²) in [5.74, 6) is 2.16. The van der Waals surface area contributed by atoms with Crippen LogP contribution in [0.1, 0.15) is 25.3 Å². The number of hydrogen-bond donors (Lipinski definition) is 0. The molecule has 0 bridgehead atoms. The molecular weight excluding hydrogens is 294 g/mol. The van der Waals surface area contributed by atoms with Crippen molar-refractivity contribution in [1.29, 1.82) is 0 Å². The van der Waals surface area contributed by atoms with Gasteiger partial charge < -0.3 is 19.1 Å². The number of fused-ring (bicyclic) bond motifs is 1. The molecule has 1 aromatic rings. The van der Waals surface area contributed by atoms with Crippen LogP contribution in [0.3, 0.4) is 0 Å². The molecule has 1 atom stereocenters. The summed E-state index contributed by atoms with van der Waals surface area (Å²) in [4.78, 5) is 14.5. The Morgan fingerprint density at radius 3 is 2.96 bits per heavy atom. The minimum absolute atomic E-state index is 0.183. The van der Waals surface area contributed by atoms with Gasteiger partial charge in [-0.3, -0.25) is 4.79 Å². The third kappa shape index (κ3) is 4.16. The van der Waals surface area contributed by atoms with Crippen molar-refractivity contribution >= 4 is 5.91 Å². The van der Waals surface area contributed by atoms with Gasteiger partial charge in [0.1, 0.15) is 13.2 Å². The molecule has 2 aliphatic rings. The van der Waals surface area contributed by atoms with Crippen LogP contribution >= 0.6 is 0 Å². The summed E-state index contributed by atoms with van der Waals surface area (Å²) in [6.45, 7) is 6.31. The maximum absolute atomic E-state index is 12.6. The third-order valence-electron chi connectivity index (χ3n) is 4.39. The number of rotatable bonds is 5. The van der Waals surface area contributed by atoms with E-state index in [1.165, 1.54) is 0 Å². The second kappa shape index (κ2) is 7.68. The van der Waals surface area contributed by atoms with Gasteiger partial charge in [0.05, 0.1) is 13.0 Å².